The molecule has 3 aromatic rings. The van der Waals surface area contributed by atoms with Crippen molar-refractivity contribution in [3.63, 3.8) is 0 Å². The lowest BCUT2D eigenvalue weighted by Crippen LogP contribution is -2.32. The second-order valence-corrected chi connectivity index (χ2v) is 6.50. The van der Waals surface area contributed by atoms with E-state index in [1.54, 1.807) is 42.5 Å². The van der Waals surface area contributed by atoms with E-state index in [0.717, 1.165) is 0 Å². The zero-order valence-corrected chi connectivity index (χ0v) is 14.4. The molecule has 1 aliphatic rings. The van der Waals surface area contributed by atoms with E-state index in [-0.39, 0.29) is 23.9 Å². The van der Waals surface area contributed by atoms with Crippen molar-refractivity contribution in [2.24, 2.45) is 0 Å². The highest BCUT2D eigenvalue weighted by Gasteiger charge is 2.34. The van der Waals surface area contributed by atoms with Crippen LogP contribution in [0.4, 0.5) is 0 Å². The number of carbonyl (C=O) groups is 2. The third-order valence-electron chi connectivity index (χ3n) is 4.44. The quantitative estimate of drug-likeness (QED) is 0.665. The fourth-order valence-corrected chi connectivity index (χ4v) is 3.30. The Kier molecular flexibility index (Phi) is 4.05. The van der Waals surface area contributed by atoms with Gasteiger partial charge in [-0.25, -0.2) is 4.98 Å². The Balaban J connectivity index is 1.50. The van der Waals surface area contributed by atoms with E-state index >= 15 is 0 Å². The SMILES string of the molecule is O=C1c2ccccc2C(=O)N1CCCn1cnc2ccc(Cl)cc2c1=O. The fourth-order valence-electron chi connectivity index (χ4n) is 3.13. The smallest absolute Gasteiger partial charge is 0.261 e. The highest BCUT2D eigenvalue weighted by Crippen LogP contribution is 2.22. The summed E-state index contributed by atoms with van der Waals surface area (Å²) in [6.45, 7) is 0.591. The van der Waals surface area contributed by atoms with Gasteiger partial charge in [0.25, 0.3) is 17.4 Å². The average molecular weight is 368 g/mol. The molecule has 0 N–H and O–H groups in total. The summed E-state index contributed by atoms with van der Waals surface area (Å²) >= 11 is 5.95. The van der Waals surface area contributed by atoms with Crippen LogP contribution in [-0.4, -0.2) is 32.8 Å². The molecule has 6 nitrogen and oxygen atoms in total. The van der Waals surface area contributed by atoms with Crippen molar-refractivity contribution in [3.8, 4) is 0 Å². The number of imide groups is 1. The van der Waals surface area contributed by atoms with Gasteiger partial charge in [0.05, 0.1) is 28.4 Å². The lowest BCUT2D eigenvalue weighted by atomic mass is 10.1. The maximum Gasteiger partial charge on any atom is 0.261 e. The molecule has 0 fully saturated rings. The van der Waals surface area contributed by atoms with Crippen LogP contribution in [0.3, 0.4) is 0 Å². The number of halogens is 1. The third kappa shape index (κ3) is 2.68. The lowest BCUT2D eigenvalue weighted by molar-refractivity contribution is 0.0650. The monoisotopic (exact) mass is 367 g/mol. The molecule has 2 heterocycles. The Labute approximate surface area is 153 Å². The first-order valence-corrected chi connectivity index (χ1v) is 8.54. The van der Waals surface area contributed by atoms with E-state index in [1.807, 2.05) is 0 Å². The van der Waals surface area contributed by atoms with Crippen LogP contribution in [0.5, 0.6) is 0 Å². The number of aryl methyl sites for hydroxylation is 1. The maximum atomic E-state index is 12.5. The minimum absolute atomic E-state index is 0.195. The van der Waals surface area contributed by atoms with E-state index in [2.05, 4.69) is 4.98 Å². The van der Waals surface area contributed by atoms with E-state index in [0.29, 0.717) is 40.0 Å². The standard InChI is InChI=1S/C19H14ClN3O3/c20-12-6-7-16-15(10-12)17(24)22(11-21-16)8-3-9-23-18(25)13-4-1-2-5-14(13)19(23)26/h1-2,4-7,10-11H,3,8-9H2. The van der Waals surface area contributed by atoms with Crippen LogP contribution in [-0.2, 0) is 6.54 Å². The van der Waals surface area contributed by atoms with Gasteiger partial charge in [0.1, 0.15) is 0 Å². The summed E-state index contributed by atoms with van der Waals surface area (Å²) in [4.78, 5) is 42.7. The maximum absolute atomic E-state index is 12.5. The highest BCUT2D eigenvalue weighted by atomic mass is 35.5. The van der Waals surface area contributed by atoms with Crippen molar-refractivity contribution in [1.29, 1.82) is 0 Å². The first-order valence-electron chi connectivity index (χ1n) is 8.16. The summed E-state index contributed by atoms with van der Waals surface area (Å²) in [6.07, 6.45) is 1.93. The van der Waals surface area contributed by atoms with E-state index in [9.17, 15) is 14.4 Å². The normalized spacial score (nSPS) is 13.5. The van der Waals surface area contributed by atoms with Crippen molar-refractivity contribution in [2.45, 2.75) is 13.0 Å². The first-order chi connectivity index (χ1) is 12.6. The van der Waals surface area contributed by atoms with E-state index in [4.69, 9.17) is 11.6 Å². The lowest BCUT2D eigenvalue weighted by Gasteiger charge is -2.14. The number of benzene rings is 2. The molecule has 0 spiro atoms. The highest BCUT2D eigenvalue weighted by molar-refractivity contribution is 6.31. The Morgan fingerprint density at radius 2 is 1.62 bits per heavy atom. The van der Waals surface area contributed by atoms with Crippen LogP contribution >= 0.6 is 11.6 Å². The van der Waals surface area contributed by atoms with Gasteiger partial charge in [0.2, 0.25) is 0 Å². The Morgan fingerprint density at radius 3 is 2.31 bits per heavy atom. The Morgan fingerprint density at radius 1 is 0.923 bits per heavy atom. The number of hydrogen-bond donors (Lipinski definition) is 0. The minimum Gasteiger partial charge on any atom is -0.299 e. The van der Waals surface area contributed by atoms with Gasteiger partial charge < -0.3 is 0 Å². The van der Waals surface area contributed by atoms with Crippen LogP contribution in [0.1, 0.15) is 27.1 Å². The zero-order chi connectivity index (χ0) is 18.3. The van der Waals surface area contributed by atoms with Crippen molar-refractivity contribution < 1.29 is 9.59 Å². The number of rotatable bonds is 4. The summed E-state index contributed by atoms with van der Waals surface area (Å²) in [5, 5.41) is 0.918. The van der Waals surface area contributed by atoms with E-state index < -0.39 is 0 Å². The molecular formula is C19H14ClN3O3. The number of carbonyl (C=O) groups excluding carboxylic acids is 2. The molecule has 7 heteroatoms. The van der Waals surface area contributed by atoms with Gasteiger partial charge >= 0.3 is 0 Å². The Bertz CT molecular complexity index is 1070. The number of hydrogen-bond acceptors (Lipinski definition) is 4. The molecule has 0 radical (unpaired) electrons. The number of nitrogens with zero attached hydrogens (tertiary/aromatic N) is 3. The summed E-state index contributed by atoms with van der Waals surface area (Å²) < 4.78 is 1.47. The van der Waals surface area contributed by atoms with Crippen LogP contribution in [0.2, 0.25) is 5.02 Å². The van der Waals surface area contributed by atoms with Crippen LogP contribution < -0.4 is 5.56 Å². The summed E-state index contributed by atoms with van der Waals surface area (Å²) in [5.41, 5.74) is 1.24. The molecule has 0 aliphatic carbocycles. The molecule has 4 rings (SSSR count). The molecule has 1 aromatic heterocycles. The van der Waals surface area contributed by atoms with Gasteiger partial charge in [-0.2, -0.15) is 0 Å². The molecule has 2 amide bonds. The first kappa shape index (κ1) is 16.5. The zero-order valence-electron chi connectivity index (χ0n) is 13.7. The molecular weight excluding hydrogens is 354 g/mol. The molecule has 0 bridgehead atoms. The van der Waals surface area contributed by atoms with Crippen molar-refractivity contribution in [3.05, 3.63) is 75.3 Å². The fraction of sp³-hybridized carbons (Fsp3) is 0.158. The summed E-state index contributed by atoms with van der Waals surface area (Å²) in [6, 6.07) is 11.7. The molecule has 1 aliphatic heterocycles. The second kappa shape index (κ2) is 6.38. The van der Waals surface area contributed by atoms with Gasteiger partial charge in [-0.1, -0.05) is 23.7 Å². The van der Waals surface area contributed by atoms with E-state index in [1.165, 1.54) is 15.8 Å². The topological polar surface area (TPSA) is 72.3 Å². The molecule has 0 atom stereocenters. The van der Waals surface area contributed by atoms with Gasteiger partial charge in [-0.15, -0.1) is 0 Å². The van der Waals surface area contributed by atoms with Crippen molar-refractivity contribution in [2.75, 3.05) is 6.54 Å². The van der Waals surface area contributed by atoms with Crippen molar-refractivity contribution in [1.82, 2.24) is 14.5 Å². The summed E-state index contributed by atoms with van der Waals surface area (Å²) in [5.74, 6) is -0.581. The predicted octanol–water partition coefficient (Wildman–Crippen LogP) is 2.74. The van der Waals surface area contributed by atoms with Crippen LogP contribution in [0.15, 0.2) is 53.6 Å². The third-order valence-corrected chi connectivity index (χ3v) is 4.68. The predicted molar refractivity (Wildman–Crippen MR) is 97.4 cm³/mol. The number of fused-ring (bicyclic) bond motifs is 2. The number of amides is 2. The molecule has 130 valence electrons. The van der Waals surface area contributed by atoms with Crippen molar-refractivity contribution >= 4 is 34.3 Å². The minimum atomic E-state index is -0.290. The summed E-state index contributed by atoms with van der Waals surface area (Å²) in [7, 11) is 0. The average Bonchev–Trinajstić information content (AvgIpc) is 2.89. The molecule has 0 saturated carbocycles. The van der Waals surface area contributed by atoms with Gasteiger partial charge in [0, 0.05) is 18.1 Å². The molecule has 26 heavy (non-hydrogen) atoms. The van der Waals surface area contributed by atoms with Gasteiger partial charge in [0.15, 0.2) is 0 Å². The molecule has 2 aromatic carbocycles. The largest absolute Gasteiger partial charge is 0.299 e. The second-order valence-electron chi connectivity index (χ2n) is 6.07. The van der Waals surface area contributed by atoms with Gasteiger partial charge in [-0.3, -0.25) is 23.9 Å². The van der Waals surface area contributed by atoms with Crippen LogP contribution in [0, 0.1) is 0 Å². The molecule has 0 saturated heterocycles. The molecule has 0 unspecified atom stereocenters. The van der Waals surface area contributed by atoms with Crippen LogP contribution in [0.25, 0.3) is 10.9 Å². The Hall–Kier alpha value is -2.99. The number of aromatic nitrogens is 2. The van der Waals surface area contributed by atoms with Gasteiger partial charge in [-0.05, 0) is 36.8 Å².